The zero-order chi connectivity index (χ0) is 13.0. The van der Waals surface area contributed by atoms with Crippen LogP contribution in [0, 0.1) is 6.92 Å². The number of methoxy groups -OCH3 is 1. The van der Waals surface area contributed by atoms with Crippen molar-refractivity contribution in [1.29, 1.82) is 0 Å². The van der Waals surface area contributed by atoms with Gasteiger partial charge in [-0.1, -0.05) is 0 Å². The van der Waals surface area contributed by atoms with Crippen molar-refractivity contribution in [3.63, 3.8) is 0 Å². The lowest BCUT2D eigenvalue weighted by Crippen LogP contribution is -2.03. The summed E-state index contributed by atoms with van der Waals surface area (Å²) >= 11 is 1.65. The number of nitrogen functional groups attached to an aromatic ring is 1. The number of thiazole rings is 1. The van der Waals surface area contributed by atoms with E-state index in [0.717, 1.165) is 17.9 Å². The first-order chi connectivity index (χ1) is 8.70. The molecule has 2 aromatic rings. The molecule has 0 radical (unpaired) electrons. The molecule has 0 fully saturated rings. The molecule has 5 heteroatoms. The fraction of sp³-hybridized carbons (Fsp3) is 0.308. The van der Waals surface area contributed by atoms with E-state index in [1.54, 1.807) is 30.6 Å². The van der Waals surface area contributed by atoms with Gasteiger partial charge in [-0.15, -0.1) is 11.3 Å². The van der Waals surface area contributed by atoms with E-state index in [4.69, 9.17) is 15.2 Å². The Kier molecular flexibility index (Phi) is 4.04. The van der Waals surface area contributed by atoms with Crippen LogP contribution < -0.4 is 15.2 Å². The minimum Gasteiger partial charge on any atom is -0.497 e. The lowest BCUT2D eigenvalue weighted by Gasteiger charge is -2.10. The third-order valence-electron chi connectivity index (χ3n) is 2.65. The molecule has 0 aliphatic heterocycles. The molecule has 0 aliphatic carbocycles. The Morgan fingerprint density at radius 2 is 2.22 bits per heavy atom. The number of ether oxygens (including phenoxy) is 2. The van der Waals surface area contributed by atoms with Crippen LogP contribution in [0.25, 0.3) is 0 Å². The minimum atomic E-state index is 0.584. The van der Waals surface area contributed by atoms with Crippen LogP contribution in [0.3, 0.4) is 0 Å². The topological polar surface area (TPSA) is 57.4 Å². The van der Waals surface area contributed by atoms with Crippen LogP contribution in [0.15, 0.2) is 23.7 Å². The maximum absolute atomic E-state index is 5.84. The average molecular weight is 264 g/mol. The monoisotopic (exact) mass is 264 g/mol. The predicted molar refractivity (Wildman–Crippen MR) is 73.5 cm³/mol. The molecule has 0 saturated heterocycles. The summed E-state index contributed by atoms with van der Waals surface area (Å²) in [4.78, 5) is 5.45. The van der Waals surface area contributed by atoms with Gasteiger partial charge < -0.3 is 15.2 Å². The molecule has 1 heterocycles. The van der Waals surface area contributed by atoms with Crippen LogP contribution in [-0.2, 0) is 6.42 Å². The highest BCUT2D eigenvalue weighted by Crippen LogP contribution is 2.27. The number of nitrogens with two attached hydrogens (primary N) is 1. The maximum Gasteiger partial charge on any atom is 0.145 e. The highest BCUT2D eigenvalue weighted by Gasteiger charge is 2.05. The van der Waals surface area contributed by atoms with E-state index < -0.39 is 0 Å². The number of aryl methyl sites for hydroxylation is 1. The van der Waals surface area contributed by atoms with E-state index in [1.165, 1.54) is 4.88 Å². The molecule has 0 spiro atoms. The third-order valence-corrected chi connectivity index (χ3v) is 3.65. The molecule has 96 valence electrons. The normalized spacial score (nSPS) is 10.3. The second-order valence-corrected chi connectivity index (χ2v) is 4.80. The number of benzene rings is 1. The Balaban J connectivity index is 1.96. The number of anilines is 1. The van der Waals surface area contributed by atoms with Gasteiger partial charge in [-0.05, 0) is 19.1 Å². The van der Waals surface area contributed by atoms with Crippen LogP contribution in [-0.4, -0.2) is 18.7 Å². The standard InChI is InChI=1S/C13H16N2O2S/c1-9-13(18-8-15-9)5-6-17-12-7-10(16-2)3-4-11(12)14/h3-4,7-8H,5-6,14H2,1-2H3. The largest absolute Gasteiger partial charge is 0.497 e. The van der Waals surface area contributed by atoms with Crippen molar-refractivity contribution in [2.24, 2.45) is 0 Å². The summed E-state index contributed by atoms with van der Waals surface area (Å²) in [5.41, 5.74) is 9.39. The van der Waals surface area contributed by atoms with Gasteiger partial charge in [-0.25, -0.2) is 4.98 Å². The number of hydrogen-bond acceptors (Lipinski definition) is 5. The lowest BCUT2D eigenvalue weighted by atomic mass is 10.3. The van der Waals surface area contributed by atoms with Crippen LogP contribution in [0.1, 0.15) is 10.6 Å². The van der Waals surface area contributed by atoms with Crippen LogP contribution in [0.5, 0.6) is 11.5 Å². The molecule has 0 aliphatic rings. The quantitative estimate of drug-likeness (QED) is 0.843. The molecule has 0 atom stereocenters. The summed E-state index contributed by atoms with van der Waals surface area (Å²) < 4.78 is 10.8. The van der Waals surface area contributed by atoms with Gasteiger partial charge in [0.15, 0.2) is 0 Å². The Bertz CT molecular complexity index is 525. The fourth-order valence-corrected chi connectivity index (χ4v) is 2.35. The molecule has 18 heavy (non-hydrogen) atoms. The first-order valence-electron chi connectivity index (χ1n) is 5.66. The predicted octanol–water partition coefficient (Wildman–Crippen LogP) is 2.66. The van der Waals surface area contributed by atoms with Crippen LogP contribution in [0.4, 0.5) is 5.69 Å². The zero-order valence-electron chi connectivity index (χ0n) is 10.5. The highest BCUT2D eigenvalue weighted by atomic mass is 32.1. The van der Waals surface area contributed by atoms with Crippen LogP contribution in [0.2, 0.25) is 0 Å². The van der Waals surface area contributed by atoms with Crippen molar-refractivity contribution in [2.75, 3.05) is 19.5 Å². The smallest absolute Gasteiger partial charge is 0.145 e. The molecule has 4 nitrogen and oxygen atoms in total. The Morgan fingerprint density at radius 1 is 1.39 bits per heavy atom. The van der Waals surface area contributed by atoms with Crippen molar-refractivity contribution in [1.82, 2.24) is 4.98 Å². The second kappa shape index (κ2) is 5.73. The van der Waals surface area contributed by atoms with Crippen LogP contribution >= 0.6 is 11.3 Å². The lowest BCUT2D eigenvalue weighted by molar-refractivity contribution is 0.321. The summed E-state index contributed by atoms with van der Waals surface area (Å²) in [5.74, 6) is 1.41. The van der Waals surface area contributed by atoms with Gasteiger partial charge >= 0.3 is 0 Å². The van der Waals surface area contributed by atoms with Gasteiger partial charge in [0.1, 0.15) is 11.5 Å². The van der Waals surface area contributed by atoms with Gasteiger partial charge in [-0.3, -0.25) is 0 Å². The number of aromatic nitrogens is 1. The van der Waals surface area contributed by atoms with E-state index in [1.807, 2.05) is 18.5 Å². The molecule has 0 bridgehead atoms. The van der Waals surface area contributed by atoms with E-state index in [2.05, 4.69) is 4.98 Å². The van der Waals surface area contributed by atoms with Gasteiger partial charge in [0.25, 0.3) is 0 Å². The summed E-state index contributed by atoms with van der Waals surface area (Å²) in [5, 5.41) is 0. The molecule has 0 unspecified atom stereocenters. The molecular formula is C13H16N2O2S. The summed E-state index contributed by atoms with van der Waals surface area (Å²) in [7, 11) is 1.62. The summed E-state index contributed by atoms with van der Waals surface area (Å²) in [6.45, 7) is 2.59. The van der Waals surface area contributed by atoms with Gasteiger partial charge in [0.2, 0.25) is 0 Å². The molecule has 2 rings (SSSR count). The molecule has 1 aromatic heterocycles. The van der Waals surface area contributed by atoms with Gasteiger partial charge in [0.05, 0.1) is 30.6 Å². The van der Waals surface area contributed by atoms with E-state index in [0.29, 0.717) is 18.0 Å². The SMILES string of the molecule is COc1ccc(N)c(OCCc2scnc2C)c1. The number of hydrogen-bond donors (Lipinski definition) is 1. The zero-order valence-corrected chi connectivity index (χ0v) is 11.3. The van der Waals surface area contributed by atoms with E-state index in [9.17, 15) is 0 Å². The van der Waals surface area contributed by atoms with Gasteiger partial charge in [0, 0.05) is 17.4 Å². The first-order valence-corrected chi connectivity index (χ1v) is 6.54. The average Bonchev–Trinajstić information content (AvgIpc) is 2.77. The third kappa shape index (κ3) is 2.92. The number of nitrogens with zero attached hydrogens (tertiary/aromatic N) is 1. The molecule has 0 saturated carbocycles. The number of rotatable bonds is 5. The van der Waals surface area contributed by atoms with Crippen molar-refractivity contribution in [3.8, 4) is 11.5 Å². The second-order valence-electron chi connectivity index (χ2n) is 3.86. The van der Waals surface area contributed by atoms with Crippen molar-refractivity contribution >= 4 is 17.0 Å². The van der Waals surface area contributed by atoms with E-state index >= 15 is 0 Å². The summed E-state index contributed by atoms with van der Waals surface area (Å²) in [6, 6.07) is 5.40. The van der Waals surface area contributed by atoms with Crippen molar-refractivity contribution < 1.29 is 9.47 Å². The molecule has 2 N–H and O–H groups in total. The minimum absolute atomic E-state index is 0.584. The molecule has 1 aromatic carbocycles. The van der Waals surface area contributed by atoms with Crippen molar-refractivity contribution in [2.45, 2.75) is 13.3 Å². The Labute approximate surface area is 110 Å². The van der Waals surface area contributed by atoms with Gasteiger partial charge in [-0.2, -0.15) is 0 Å². The van der Waals surface area contributed by atoms with E-state index in [-0.39, 0.29) is 0 Å². The maximum atomic E-state index is 5.84. The highest BCUT2D eigenvalue weighted by molar-refractivity contribution is 7.09. The molecule has 0 amide bonds. The Morgan fingerprint density at radius 3 is 2.89 bits per heavy atom. The molecular weight excluding hydrogens is 248 g/mol. The summed E-state index contributed by atoms with van der Waals surface area (Å²) in [6.07, 6.45) is 0.840. The Hall–Kier alpha value is -1.75. The van der Waals surface area contributed by atoms with Crippen molar-refractivity contribution in [3.05, 3.63) is 34.3 Å². The fourth-order valence-electron chi connectivity index (χ4n) is 1.59. The first kappa shape index (κ1) is 12.7.